The summed E-state index contributed by atoms with van der Waals surface area (Å²) in [6.07, 6.45) is 1.81. The van der Waals surface area contributed by atoms with Crippen LogP contribution in [0.15, 0.2) is 60.7 Å². The van der Waals surface area contributed by atoms with Gasteiger partial charge in [0.15, 0.2) is 0 Å². The monoisotopic (exact) mass is 336 g/mol. The molecule has 0 bridgehead atoms. The van der Waals surface area contributed by atoms with Gasteiger partial charge in [0.05, 0.1) is 0 Å². The van der Waals surface area contributed by atoms with E-state index in [0.29, 0.717) is 19.3 Å². The summed E-state index contributed by atoms with van der Waals surface area (Å²) in [6, 6.07) is 16.9. The Morgan fingerprint density at radius 2 is 1.36 bits per heavy atom. The van der Waals surface area contributed by atoms with Gasteiger partial charge in [-0.05, 0) is 59.9 Å². The topological polar surface area (TPSA) is 80.9 Å². The third-order valence-corrected chi connectivity index (χ3v) is 4.21. The predicted molar refractivity (Wildman–Crippen MR) is 96.2 cm³/mol. The van der Waals surface area contributed by atoms with E-state index < -0.39 is 0 Å². The van der Waals surface area contributed by atoms with Crippen molar-refractivity contribution in [2.75, 3.05) is 0 Å². The Morgan fingerprint density at radius 1 is 0.600 bits per heavy atom. The van der Waals surface area contributed by atoms with Gasteiger partial charge in [-0.2, -0.15) is 0 Å². The highest BCUT2D eigenvalue weighted by Gasteiger charge is 2.12. The molecule has 0 aliphatic heterocycles. The summed E-state index contributed by atoms with van der Waals surface area (Å²) in [5.41, 5.74) is 3.55. The van der Waals surface area contributed by atoms with Crippen LogP contribution in [0, 0.1) is 0 Å². The van der Waals surface area contributed by atoms with E-state index in [1.54, 1.807) is 48.5 Å². The zero-order valence-electron chi connectivity index (χ0n) is 13.7. The molecule has 3 rings (SSSR count). The zero-order valence-corrected chi connectivity index (χ0v) is 13.7. The van der Waals surface area contributed by atoms with Crippen LogP contribution in [0.25, 0.3) is 0 Å². The van der Waals surface area contributed by atoms with Crippen LogP contribution in [0.5, 0.6) is 23.0 Å². The van der Waals surface area contributed by atoms with E-state index >= 15 is 0 Å². The lowest BCUT2D eigenvalue weighted by Gasteiger charge is -2.13. The van der Waals surface area contributed by atoms with Crippen LogP contribution >= 0.6 is 0 Å². The van der Waals surface area contributed by atoms with E-state index in [-0.39, 0.29) is 23.0 Å². The number of benzene rings is 3. The van der Waals surface area contributed by atoms with Crippen LogP contribution in [0.1, 0.15) is 22.3 Å². The minimum atomic E-state index is 0.0258. The van der Waals surface area contributed by atoms with Gasteiger partial charge in [0.1, 0.15) is 23.0 Å². The van der Waals surface area contributed by atoms with E-state index in [1.807, 2.05) is 6.07 Å². The standard InChI is InChI=1S/C21H20O4/c22-17-8-5-15(6-9-17)11-20-16(12-19(24)13-21(20)25)7-4-14-2-1-3-18(23)10-14/h1-3,5-6,8-10,12-13,22-25H,4,7,11H2. The summed E-state index contributed by atoms with van der Waals surface area (Å²) >= 11 is 0. The van der Waals surface area contributed by atoms with Crippen LogP contribution in [0.4, 0.5) is 0 Å². The molecule has 0 heterocycles. The second-order valence-corrected chi connectivity index (χ2v) is 6.12. The minimum Gasteiger partial charge on any atom is -0.508 e. The minimum absolute atomic E-state index is 0.0258. The fourth-order valence-electron chi connectivity index (χ4n) is 2.94. The smallest absolute Gasteiger partial charge is 0.123 e. The first-order valence-corrected chi connectivity index (χ1v) is 8.11. The molecule has 0 radical (unpaired) electrons. The van der Waals surface area contributed by atoms with Crippen LogP contribution in [0.3, 0.4) is 0 Å². The SMILES string of the molecule is Oc1ccc(Cc2c(O)cc(O)cc2CCc2cccc(O)c2)cc1. The molecule has 3 aromatic rings. The molecule has 4 nitrogen and oxygen atoms in total. The van der Waals surface area contributed by atoms with Gasteiger partial charge in [0.25, 0.3) is 0 Å². The largest absolute Gasteiger partial charge is 0.508 e. The fourth-order valence-corrected chi connectivity index (χ4v) is 2.94. The van der Waals surface area contributed by atoms with Crippen molar-refractivity contribution in [3.63, 3.8) is 0 Å². The summed E-state index contributed by atoms with van der Waals surface area (Å²) in [4.78, 5) is 0. The van der Waals surface area contributed by atoms with Crippen LogP contribution in [-0.4, -0.2) is 20.4 Å². The molecule has 128 valence electrons. The Hall–Kier alpha value is -3.14. The third-order valence-electron chi connectivity index (χ3n) is 4.21. The fraction of sp³-hybridized carbons (Fsp3) is 0.143. The average Bonchev–Trinajstić information content (AvgIpc) is 2.57. The predicted octanol–water partition coefficient (Wildman–Crippen LogP) is 3.89. The highest BCUT2D eigenvalue weighted by Crippen LogP contribution is 2.31. The maximum atomic E-state index is 10.3. The van der Waals surface area contributed by atoms with Gasteiger partial charge in [-0.1, -0.05) is 24.3 Å². The first kappa shape index (κ1) is 16.7. The zero-order chi connectivity index (χ0) is 17.8. The molecule has 4 heteroatoms. The van der Waals surface area contributed by atoms with Gasteiger partial charge < -0.3 is 20.4 Å². The van der Waals surface area contributed by atoms with Crippen molar-refractivity contribution < 1.29 is 20.4 Å². The van der Waals surface area contributed by atoms with Crippen molar-refractivity contribution in [3.8, 4) is 23.0 Å². The van der Waals surface area contributed by atoms with Crippen molar-refractivity contribution in [3.05, 3.63) is 82.9 Å². The van der Waals surface area contributed by atoms with Crippen molar-refractivity contribution in [2.45, 2.75) is 19.3 Å². The summed E-state index contributed by atoms with van der Waals surface area (Å²) in [5, 5.41) is 39.1. The van der Waals surface area contributed by atoms with Crippen LogP contribution < -0.4 is 0 Å². The molecule has 0 spiro atoms. The molecule has 0 fully saturated rings. The van der Waals surface area contributed by atoms with Gasteiger partial charge in [0, 0.05) is 18.1 Å². The number of hydrogen-bond acceptors (Lipinski definition) is 4. The number of phenolic OH excluding ortho intramolecular Hbond substituents is 4. The molecule has 0 saturated heterocycles. The van der Waals surface area contributed by atoms with Gasteiger partial charge in [0.2, 0.25) is 0 Å². The highest BCUT2D eigenvalue weighted by molar-refractivity contribution is 5.48. The van der Waals surface area contributed by atoms with Gasteiger partial charge in [-0.15, -0.1) is 0 Å². The molecule has 0 aliphatic rings. The summed E-state index contributed by atoms with van der Waals surface area (Å²) in [6.45, 7) is 0. The van der Waals surface area contributed by atoms with Crippen molar-refractivity contribution >= 4 is 0 Å². The van der Waals surface area contributed by atoms with E-state index in [9.17, 15) is 20.4 Å². The summed E-state index contributed by atoms with van der Waals surface area (Å²) < 4.78 is 0. The molecule has 0 atom stereocenters. The number of rotatable bonds is 5. The lowest BCUT2D eigenvalue weighted by atomic mass is 9.94. The number of phenols is 4. The third kappa shape index (κ3) is 4.23. The van der Waals surface area contributed by atoms with Crippen molar-refractivity contribution in [2.24, 2.45) is 0 Å². The average molecular weight is 336 g/mol. The molecule has 0 unspecified atom stereocenters. The molecule has 0 aliphatic carbocycles. The normalized spacial score (nSPS) is 10.7. The lowest BCUT2D eigenvalue weighted by molar-refractivity contribution is 0.445. The number of hydrogen-bond donors (Lipinski definition) is 4. The van der Waals surface area contributed by atoms with Gasteiger partial charge in [-0.3, -0.25) is 0 Å². The quantitative estimate of drug-likeness (QED) is 0.570. The summed E-state index contributed by atoms with van der Waals surface area (Å²) in [7, 11) is 0. The molecule has 0 saturated carbocycles. The van der Waals surface area contributed by atoms with Crippen LogP contribution in [0.2, 0.25) is 0 Å². The first-order chi connectivity index (χ1) is 12.0. The maximum absolute atomic E-state index is 10.3. The number of aromatic hydroxyl groups is 4. The number of aryl methyl sites for hydroxylation is 2. The Balaban J connectivity index is 1.85. The van der Waals surface area contributed by atoms with E-state index in [2.05, 4.69) is 0 Å². The Kier molecular flexibility index (Phi) is 4.80. The summed E-state index contributed by atoms with van der Waals surface area (Å²) in [5.74, 6) is 0.500. The van der Waals surface area contributed by atoms with Crippen molar-refractivity contribution in [1.82, 2.24) is 0 Å². The van der Waals surface area contributed by atoms with Gasteiger partial charge in [-0.25, -0.2) is 0 Å². The first-order valence-electron chi connectivity index (χ1n) is 8.11. The second kappa shape index (κ2) is 7.18. The maximum Gasteiger partial charge on any atom is 0.123 e. The van der Waals surface area contributed by atoms with Crippen molar-refractivity contribution in [1.29, 1.82) is 0 Å². The van der Waals surface area contributed by atoms with E-state index in [1.165, 1.54) is 6.07 Å². The Labute approximate surface area is 146 Å². The Bertz CT molecular complexity index is 870. The lowest BCUT2D eigenvalue weighted by Crippen LogP contribution is -1.99. The molecule has 0 amide bonds. The van der Waals surface area contributed by atoms with E-state index in [4.69, 9.17) is 0 Å². The van der Waals surface area contributed by atoms with Gasteiger partial charge >= 0.3 is 0 Å². The molecular weight excluding hydrogens is 316 g/mol. The molecule has 3 aromatic carbocycles. The highest BCUT2D eigenvalue weighted by atomic mass is 16.3. The molecule has 4 N–H and O–H groups in total. The molecular formula is C21H20O4. The Morgan fingerprint density at radius 3 is 2.08 bits per heavy atom. The van der Waals surface area contributed by atoms with E-state index in [0.717, 1.165) is 22.3 Å². The second-order valence-electron chi connectivity index (χ2n) is 6.12. The van der Waals surface area contributed by atoms with Crippen LogP contribution in [-0.2, 0) is 19.3 Å². The molecule has 25 heavy (non-hydrogen) atoms. The molecule has 0 aromatic heterocycles.